The zero-order chi connectivity index (χ0) is 18.9. The first-order chi connectivity index (χ1) is 13.3. The topological polar surface area (TPSA) is 67.8 Å². The van der Waals surface area contributed by atoms with Crippen LogP contribution < -0.4 is 20.1 Å². The molecule has 3 rings (SSSR count). The second-order valence-corrected chi connectivity index (χ2v) is 6.71. The van der Waals surface area contributed by atoms with E-state index in [0.717, 1.165) is 42.8 Å². The standard InChI is InChI=1S/C21H28N4O2/c1-22-21(23-12-11-16-5-8-19(26-2)9-6-16)25-14-18-7-10-20(24-13-18)27-15-17-3-4-17/h5-10,13,17H,3-4,11-12,14-15H2,1-2H3,(H2,22,23,25). The van der Waals surface area contributed by atoms with Crippen LogP contribution >= 0.6 is 0 Å². The quantitative estimate of drug-likeness (QED) is 0.526. The van der Waals surface area contributed by atoms with E-state index in [0.29, 0.717) is 12.4 Å². The Bertz CT molecular complexity index is 725. The van der Waals surface area contributed by atoms with Gasteiger partial charge in [-0.2, -0.15) is 0 Å². The molecule has 0 bridgehead atoms. The summed E-state index contributed by atoms with van der Waals surface area (Å²) in [5.74, 6) is 3.09. The molecule has 1 aromatic carbocycles. The van der Waals surface area contributed by atoms with Gasteiger partial charge in [-0.1, -0.05) is 18.2 Å². The van der Waals surface area contributed by atoms with E-state index in [2.05, 4.69) is 32.7 Å². The fraction of sp³-hybridized carbons (Fsp3) is 0.429. The molecule has 2 N–H and O–H groups in total. The summed E-state index contributed by atoms with van der Waals surface area (Å²) in [7, 11) is 3.45. The molecule has 6 nitrogen and oxygen atoms in total. The maximum atomic E-state index is 5.67. The number of aliphatic imine (C=N–C) groups is 1. The average Bonchev–Trinajstić information content (AvgIpc) is 3.55. The van der Waals surface area contributed by atoms with Crippen LogP contribution in [0.3, 0.4) is 0 Å². The van der Waals surface area contributed by atoms with Gasteiger partial charge in [0, 0.05) is 32.4 Å². The van der Waals surface area contributed by atoms with Gasteiger partial charge in [0.1, 0.15) is 5.75 Å². The van der Waals surface area contributed by atoms with Crippen molar-refractivity contribution in [3.05, 3.63) is 53.7 Å². The Morgan fingerprint density at radius 3 is 2.52 bits per heavy atom. The molecule has 1 aromatic heterocycles. The SMILES string of the molecule is CN=C(NCCc1ccc(OC)cc1)NCc1ccc(OCC2CC2)nc1. The van der Waals surface area contributed by atoms with Crippen LogP contribution in [0.2, 0.25) is 0 Å². The van der Waals surface area contributed by atoms with E-state index < -0.39 is 0 Å². The zero-order valence-electron chi connectivity index (χ0n) is 16.1. The summed E-state index contributed by atoms with van der Waals surface area (Å²) in [6.45, 7) is 2.26. The molecule has 144 valence electrons. The minimum atomic E-state index is 0.665. The number of aromatic nitrogens is 1. The Kier molecular flexibility index (Phi) is 6.90. The number of methoxy groups -OCH3 is 1. The van der Waals surface area contributed by atoms with Gasteiger partial charge in [-0.3, -0.25) is 4.99 Å². The molecule has 1 saturated carbocycles. The van der Waals surface area contributed by atoms with Crippen LogP contribution in [-0.2, 0) is 13.0 Å². The van der Waals surface area contributed by atoms with Crippen LogP contribution in [0.15, 0.2) is 47.6 Å². The van der Waals surface area contributed by atoms with E-state index in [-0.39, 0.29) is 0 Å². The Morgan fingerprint density at radius 1 is 1.11 bits per heavy atom. The number of rotatable bonds is 9. The van der Waals surface area contributed by atoms with E-state index in [4.69, 9.17) is 9.47 Å². The number of pyridine rings is 1. The smallest absolute Gasteiger partial charge is 0.213 e. The fourth-order valence-corrected chi connectivity index (χ4v) is 2.61. The predicted octanol–water partition coefficient (Wildman–Crippen LogP) is 2.79. The van der Waals surface area contributed by atoms with Crippen molar-refractivity contribution >= 4 is 5.96 Å². The van der Waals surface area contributed by atoms with Gasteiger partial charge in [0.2, 0.25) is 5.88 Å². The summed E-state index contributed by atoms with van der Waals surface area (Å²) in [5.41, 5.74) is 2.34. The van der Waals surface area contributed by atoms with Gasteiger partial charge in [-0.25, -0.2) is 4.98 Å². The van der Waals surface area contributed by atoms with Gasteiger partial charge >= 0.3 is 0 Å². The molecule has 2 aromatic rings. The molecule has 0 unspecified atom stereocenters. The first-order valence-electron chi connectivity index (χ1n) is 9.42. The van der Waals surface area contributed by atoms with Gasteiger partial charge in [0.25, 0.3) is 0 Å². The molecule has 0 spiro atoms. The largest absolute Gasteiger partial charge is 0.497 e. The van der Waals surface area contributed by atoms with Crippen molar-refractivity contribution < 1.29 is 9.47 Å². The fourth-order valence-electron chi connectivity index (χ4n) is 2.61. The highest BCUT2D eigenvalue weighted by Crippen LogP contribution is 2.29. The first-order valence-corrected chi connectivity index (χ1v) is 9.42. The molecule has 27 heavy (non-hydrogen) atoms. The Labute approximate surface area is 161 Å². The van der Waals surface area contributed by atoms with Crippen LogP contribution in [0, 0.1) is 5.92 Å². The number of hydrogen-bond acceptors (Lipinski definition) is 4. The van der Waals surface area contributed by atoms with Gasteiger partial charge in [0.15, 0.2) is 5.96 Å². The molecule has 1 heterocycles. The van der Waals surface area contributed by atoms with Crippen LogP contribution in [-0.4, -0.2) is 38.3 Å². The van der Waals surface area contributed by atoms with Gasteiger partial charge in [-0.15, -0.1) is 0 Å². The van der Waals surface area contributed by atoms with Crippen molar-refractivity contribution in [1.82, 2.24) is 15.6 Å². The number of nitrogens with zero attached hydrogens (tertiary/aromatic N) is 2. The third kappa shape index (κ3) is 6.47. The molecule has 1 aliphatic rings. The highest BCUT2D eigenvalue weighted by molar-refractivity contribution is 5.79. The Hall–Kier alpha value is -2.76. The van der Waals surface area contributed by atoms with Crippen LogP contribution in [0.25, 0.3) is 0 Å². The van der Waals surface area contributed by atoms with Crippen molar-refractivity contribution in [1.29, 1.82) is 0 Å². The maximum absolute atomic E-state index is 5.67. The highest BCUT2D eigenvalue weighted by atomic mass is 16.5. The number of benzene rings is 1. The van der Waals surface area contributed by atoms with Crippen molar-refractivity contribution in [2.45, 2.75) is 25.8 Å². The number of hydrogen-bond donors (Lipinski definition) is 2. The van der Waals surface area contributed by atoms with Crippen LogP contribution in [0.4, 0.5) is 0 Å². The van der Waals surface area contributed by atoms with Gasteiger partial charge < -0.3 is 20.1 Å². The second kappa shape index (κ2) is 9.80. The van der Waals surface area contributed by atoms with Crippen molar-refractivity contribution in [2.75, 3.05) is 27.3 Å². The summed E-state index contributed by atoms with van der Waals surface area (Å²) in [4.78, 5) is 8.63. The summed E-state index contributed by atoms with van der Waals surface area (Å²) in [5, 5.41) is 6.64. The van der Waals surface area contributed by atoms with Crippen LogP contribution in [0.5, 0.6) is 11.6 Å². The highest BCUT2D eigenvalue weighted by Gasteiger charge is 2.21. The Balaban J connectivity index is 1.37. The molecule has 0 saturated heterocycles. The lowest BCUT2D eigenvalue weighted by Crippen LogP contribution is -2.37. The summed E-state index contributed by atoms with van der Waals surface area (Å²) in [6, 6.07) is 12.1. The van der Waals surface area contributed by atoms with E-state index in [1.54, 1.807) is 14.2 Å². The summed E-state index contributed by atoms with van der Waals surface area (Å²) < 4.78 is 10.8. The number of nitrogens with one attached hydrogen (secondary N) is 2. The molecular weight excluding hydrogens is 340 g/mol. The molecule has 1 fully saturated rings. The third-order valence-corrected chi connectivity index (χ3v) is 4.51. The monoisotopic (exact) mass is 368 g/mol. The minimum absolute atomic E-state index is 0.665. The molecule has 0 amide bonds. The lowest BCUT2D eigenvalue weighted by atomic mass is 10.1. The van der Waals surface area contributed by atoms with Gasteiger partial charge in [-0.05, 0) is 48.4 Å². The minimum Gasteiger partial charge on any atom is -0.497 e. The normalized spacial score (nSPS) is 13.9. The van der Waals surface area contributed by atoms with Gasteiger partial charge in [0.05, 0.1) is 13.7 Å². The molecule has 0 aliphatic heterocycles. The molecule has 1 aliphatic carbocycles. The summed E-state index contributed by atoms with van der Waals surface area (Å²) in [6.07, 6.45) is 5.33. The first kappa shape index (κ1) is 19.0. The van der Waals surface area contributed by atoms with E-state index in [9.17, 15) is 0 Å². The predicted molar refractivity (Wildman–Crippen MR) is 107 cm³/mol. The van der Waals surface area contributed by atoms with E-state index in [1.807, 2.05) is 30.5 Å². The zero-order valence-corrected chi connectivity index (χ0v) is 16.1. The van der Waals surface area contributed by atoms with E-state index >= 15 is 0 Å². The van der Waals surface area contributed by atoms with Crippen molar-refractivity contribution in [3.8, 4) is 11.6 Å². The Morgan fingerprint density at radius 2 is 1.89 bits per heavy atom. The second-order valence-electron chi connectivity index (χ2n) is 6.71. The maximum Gasteiger partial charge on any atom is 0.213 e. The lowest BCUT2D eigenvalue weighted by Gasteiger charge is -2.12. The molecular formula is C21H28N4O2. The average molecular weight is 368 g/mol. The summed E-state index contributed by atoms with van der Waals surface area (Å²) >= 11 is 0. The lowest BCUT2D eigenvalue weighted by molar-refractivity contribution is 0.288. The number of guanidine groups is 1. The van der Waals surface area contributed by atoms with Crippen molar-refractivity contribution in [2.24, 2.45) is 10.9 Å². The van der Waals surface area contributed by atoms with Crippen LogP contribution in [0.1, 0.15) is 24.0 Å². The number of ether oxygens (including phenoxy) is 2. The molecule has 6 heteroatoms. The molecule has 0 radical (unpaired) electrons. The van der Waals surface area contributed by atoms with Crippen molar-refractivity contribution in [3.63, 3.8) is 0 Å². The third-order valence-electron chi connectivity index (χ3n) is 4.51. The molecule has 0 atom stereocenters. The van der Waals surface area contributed by atoms with E-state index in [1.165, 1.54) is 18.4 Å².